The SMILES string of the molecule is CCNC(=O)c1nnc(-c2cc(C(C)C)c(OCC)cc2O)n1-c1ccc(CN2CCOCC2)cc1. The number of aromatic hydroxyl groups is 1. The fraction of sp³-hybridized carbons (Fsp3) is 0.444. The van der Waals surface area contributed by atoms with Crippen molar-refractivity contribution in [2.45, 2.75) is 40.2 Å². The molecule has 1 aliphatic rings. The number of amides is 1. The van der Waals surface area contributed by atoms with Crippen molar-refractivity contribution in [2.75, 3.05) is 39.5 Å². The Hall–Kier alpha value is -3.43. The molecule has 192 valence electrons. The molecule has 0 spiro atoms. The molecule has 36 heavy (non-hydrogen) atoms. The number of carbonyl (C=O) groups is 1. The maximum Gasteiger partial charge on any atom is 0.289 e. The van der Waals surface area contributed by atoms with Crippen LogP contribution in [0.5, 0.6) is 11.5 Å². The quantitative estimate of drug-likeness (QED) is 0.468. The molecule has 4 rings (SSSR count). The Morgan fingerprint density at radius 2 is 1.86 bits per heavy atom. The summed E-state index contributed by atoms with van der Waals surface area (Å²) in [6, 6.07) is 11.5. The zero-order valence-electron chi connectivity index (χ0n) is 21.5. The number of phenols is 1. The van der Waals surface area contributed by atoms with E-state index in [0.717, 1.165) is 44.1 Å². The number of carbonyl (C=O) groups excluding carboxylic acids is 1. The number of nitrogens with zero attached hydrogens (tertiary/aromatic N) is 4. The molecule has 1 saturated heterocycles. The number of nitrogens with one attached hydrogen (secondary N) is 1. The van der Waals surface area contributed by atoms with E-state index in [9.17, 15) is 9.90 Å². The lowest BCUT2D eigenvalue weighted by molar-refractivity contribution is 0.0342. The summed E-state index contributed by atoms with van der Waals surface area (Å²) in [4.78, 5) is 15.2. The van der Waals surface area contributed by atoms with E-state index in [2.05, 4.69) is 34.3 Å². The van der Waals surface area contributed by atoms with Gasteiger partial charge in [0, 0.05) is 37.9 Å². The second-order valence-corrected chi connectivity index (χ2v) is 9.09. The molecule has 0 saturated carbocycles. The van der Waals surface area contributed by atoms with Crippen LogP contribution in [-0.2, 0) is 11.3 Å². The first-order chi connectivity index (χ1) is 17.4. The molecule has 0 unspecified atom stereocenters. The Bertz CT molecular complexity index is 1180. The second kappa shape index (κ2) is 11.5. The lowest BCUT2D eigenvalue weighted by Gasteiger charge is -2.26. The number of rotatable bonds is 9. The van der Waals surface area contributed by atoms with Crippen molar-refractivity contribution in [1.29, 1.82) is 0 Å². The van der Waals surface area contributed by atoms with Crippen LogP contribution < -0.4 is 10.1 Å². The molecule has 9 nitrogen and oxygen atoms in total. The molecule has 0 bridgehead atoms. The summed E-state index contributed by atoms with van der Waals surface area (Å²) >= 11 is 0. The van der Waals surface area contributed by atoms with E-state index in [0.29, 0.717) is 30.3 Å². The molecule has 3 aromatic rings. The number of ether oxygens (including phenoxy) is 2. The molecule has 1 fully saturated rings. The standard InChI is InChI=1S/C27H35N5O4/c1-5-28-27(34)26-30-29-25(22-15-21(18(3)4)24(36-6-2)16-23(22)33)32(26)20-9-7-19(8-10-20)17-31-11-13-35-14-12-31/h7-10,15-16,18,33H,5-6,11-14,17H2,1-4H3,(H,28,34). The number of aromatic nitrogens is 3. The van der Waals surface area contributed by atoms with Gasteiger partial charge in [0.1, 0.15) is 11.5 Å². The number of phenolic OH excluding ortho intramolecular Hbond substituents is 1. The van der Waals surface area contributed by atoms with E-state index in [-0.39, 0.29) is 23.4 Å². The van der Waals surface area contributed by atoms with E-state index in [1.807, 2.05) is 44.2 Å². The maximum atomic E-state index is 12.9. The predicted molar refractivity (Wildman–Crippen MR) is 138 cm³/mol. The van der Waals surface area contributed by atoms with Gasteiger partial charge in [-0.05, 0) is 49.1 Å². The van der Waals surface area contributed by atoms with Gasteiger partial charge in [-0.25, -0.2) is 0 Å². The average molecular weight is 494 g/mol. The zero-order chi connectivity index (χ0) is 25.7. The number of hydrogen-bond donors (Lipinski definition) is 2. The third-order valence-corrected chi connectivity index (χ3v) is 6.20. The molecular weight excluding hydrogens is 458 g/mol. The van der Waals surface area contributed by atoms with Crippen molar-refractivity contribution in [3.63, 3.8) is 0 Å². The van der Waals surface area contributed by atoms with Crippen LogP contribution in [0.15, 0.2) is 36.4 Å². The van der Waals surface area contributed by atoms with Crippen molar-refractivity contribution in [3.05, 3.63) is 53.3 Å². The molecule has 2 aromatic carbocycles. The van der Waals surface area contributed by atoms with Gasteiger partial charge in [-0.1, -0.05) is 26.0 Å². The summed E-state index contributed by atoms with van der Waals surface area (Å²) in [5.74, 6) is 1.03. The fourth-order valence-electron chi connectivity index (χ4n) is 4.35. The minimum absolute atomic E-state index is 0.0166. The van der Waals surface area contributed by atoms with E-state index >= 15 is 0 Å². The van der Waals surface area contributed by atoms with Crippen LogP contribution in [0.2, 0.25) is 0 Å². The highest BCUT2D eigenvalue weighted by atomic mass is 16.5. The van der Waals surface area contributed by atoms with Crippen LogP contribution in [0.4, 0.5) is 0 Å². The topological polar surface area (TPSA) is 102 Å². The van der Waals surface area contributed by atoms with E-state index < -0.39 is 0 Å². The van der Waals surface area contributed by atoms with Gasteiger partial charge in [-0.15, -0.1) is 10.2 Å². The minimum atomic E-state index is -0.330. The van der Waals surface area contributed by atoms with Crippen LogP contribution in [-0.4, -0.2) is 70.1 Å². The van der Waals surface area contributed by atoms with Crippen LogP contribution in [0, 0.1) is 0 Å². The molecule has 2 N–H and O–H groups in total. The fourth-order valence-corrected chi connectivity index (χ4v) is 4.35. The average Bonchev–Trinajstić information content (AvgIpc) is 3.30. The lowest BCUT2D eigenvalue weighted by atomic mass is 9.98. The maximum absolute atomic E-state index is 12.9. The summed E-state index contributed by atoms with van der Waals surface area (Å²) in [5, 5.41) is 22.3. The third-order valence-electron chi connectivity index (χ3n) is 6.20. The summed E-state index contributed by atoms with van der Waals surface area (Å²) in [7, 11) is 0. The monoisotopic (exact) mass is 493 g/mol. The number of benzene rings is 2. The molecule has 2 heterocycles. The highest BCUT2D eigenvalue weighted by Crippen LogP contribution is 2.38. The lowest BCUT2D eigenvalue weighted by Crippen LogP contribution is -2.35. The molecule has 9 heteroatoms. The molecule has 1 aliphatic heterocycles. The van der Waals surface area contributed by atoms with E-state index in [4.69, 9.17) is 9.47 Å². The largest absolute Gasteiger partial charge is 0.507 e. The molecule has 0 atom stereocenters. The van der Waals surface area contributed by atoms with Crippen LogP contribution >= 0.6 is 0 Å². The number of morpholine rings is 1. The summed E-state index contributed by atoms with van der Waals surface area (Å²) in [6.45, 7) is 13.0. The smallest absolute Gasteiger partial charge is 0.289 e. The summed E-state index contributed by atoms with van der Waals surface area (Å²) < 4.78 is 12.9. The summed E-state index contributed by atoms with van der Waals surface area (Å²) in [6.07, 6.45) is 0. The molecular formula is C27H35N5O4. The van der Waals surface area contributed by atoms with Crippen molar-refractivity contribution in [1.82, 2.24) is 25.0 Å². The summed E-state index contributed by atoms with van der Waals surface area (Å²) in [5.41, 5.74) is 3.34. The Morgan fingerprint density at radius 1 is 1.14 bits per heavy atom. The van der Waals surface area contributed by atoms with Crippen molar-refractivity contribution in [2.24, 2.45) is 0 Å². The normalized spacial score (nSPS) is 14.2. The molecule has 1 aromatic heterocycles. The van der Waals surface area contributed by atoms with Gasteiger partial charge in [0.15, 0.2) is 5.82 Å². The Balaban J connectivity index is 1.77. The highest BCUT2D eigenvalue weighted by molar-refractivity contribution is 5.92. The van der Waals surface area contributed by atoms with E-state index in [1.165, 1.54) is 5.56 Å². The van der Waals surface area contributed by atoms with Crippen LogP contribution in [0.25, 0.3) is 17.1 Å². The first-order valence-electron chi connectivity index (χ1n) is 12.6. The zero-order valence-corrected chi connectivity index (χ0v) is 21.5. The van der Waals surface area contributed by atoms with Gasteiger partial charge in [-0.2, -0.15) is 0 Å². The van der Waals surface area contributed by atoms with Crippen molar-refractivity contribution >= 4 is 5.91 Å². The molecule has 0 radical (unpaired) electrons. The Morgan fingerprint density at radius 3 is 2.50 bits per heavy atom. The van der Waals surface area contributed by atoms with Gasteiger partial charge in [0.25, 0.3) is 5.91 Å². The predicted octanol–water partition coefficient (Wildman–Crippen LogP) is 3.74. The minimum Gasteiger partial charge on any atom is -0.507 e. The first-order valence-corrected chi connectivity index (χ1v) is 12.6. The second-order valence-electron chi connectivity index (χ2n) is 9.09. The van der Waals surface area contributed by atoms with Gasteiger partial charge in [-0.3, -0.25) is 14.3 Å². The molecule has 0 aliphatic carbocycles. The van der Waals surface area contributed by atoms with Gasteiger partial charge in [0.05, 0.1) is 25.4 Å². The van der Waals surface area contributed by atoms with Crippen molar-refractivity contribution in [3.8, 4) is 28.6 Å². The van der Waals surface area contributed by atoms with Crippen molar-refractivity contribution < 1.29 is 19.4 Å². The van der Waals surface area contributed by atoms with Crippen LogP contribution in [0.1, 0.15) is 55.4 Å². The van der Waals surface area contributed by atoms with Gasteiger partial charge in [0.2, 0.25) is 5.82 Å². The van der Waals surface area contributed by atoms with E-state index in [1.54, 1.807) is 10.6 Å². The van der Waals surface area contributed by atoms with Gasteiger partial charge >= 0.3 is 0 Å². The van der Waals surface area contributed by atoms with Crippen LogP contribution in [0.3, 0.4) is 0 Å². The molecule has 1 amide bonds. The first kappa shape index (κ1) is 25.7. The third kappa shape index (κ3) is 5.52. The highest BCUT2D eigenvalue weighted by Gasteiger charge is 2.24. The Labute approximate surface area is 212 Å². The Kier molecular flexibility index (Phi) is 8.22. The number of hydrogen-bond acceptors (Lipinski definition) is 7. The van der Waals surface area contributed by atoms with Gasteiger partial charge < -0.3 is 19.9 Å².